The van der Waals surface area contributed by atoms with Crippen LogP contribution in [0.15, 0.2) is 42.6 Å². The SMILES string of the molecule is COc1ccc2c(c1)CN(Cc1ccccn1)CC[C@H]1COC(=O)N21. The van der Waals surface area contributed by atoms with Crippen molar-refractivity contribution >= 4 is 11.8 Å². The van der Waals surface area contributed by atoms with Gasteiger partial charge in [0.25, 0.3) is 0 Å². The molecular formula is C19H21N3O3. The zero-order chi connectivity index (χ0) is 17.2. The number of rotatable bonds is 3. The highest BCUT2D eigenvalue weighted by Crippen LogP contribution is 2.34. The van der Waals surface area contributed by atoms with Crippen LogP contribution in [-0.4, -0.2) is 42.3 Å². The summed E-state index contributed by atoms with van der Waals surface area (Å²) >= 11 is 0. The molecule has 0 spiro atoms. The monoisotopic (exact) mass is 339 g/mol. The van der Waals surface area contributed by atoms with Crippen molar-refractivity contribution in [2.24, 2.45) is 0 Å². The minimum Gasteiger partial charge on any atom is -0.497 e. The molecule has 4 rings (SSSR count). The van der Waals surface area contributed by atoms with E-state index in [1.807, 2.05) is 42.6 Å². The fraction of sp³-hybridized carbons (Fsp3) is 0.368. The summed E-state index contributed by atoms with van der Waals surface area (Å²) in [5.74, 6) is 0.793. The van der Waals surface area contributed by atoms with Gasteiger partial charge in [0.05, 0.1) is 24.5 Å². The normalized spacial score (nSPS) is 20.3. The molecule has 3 heterocycles. The Morgan fingerprint density at radius 2 is 2.24 bits per heavy atom. The van der Waals surface area contributed by atoms with Crippen LogP contribution in [0.4, 0.5) is 10.5 Å². The molecule has 1 aromatic heterocycles. The Morgan fingerprint density at radius 3 is 3.04 bits per heavy atom. The summed E-state index contributed by atoms with van der Waals surface area (Å²) < 4.78 is 10.7. The van der Waals surface area contributed by atoms with Gasteiger partial charge in [0.2, 0.25) is 0 Å². The van der Waals surface area contributed by atoms with E-state index in [4.69, 9.17) is 9.47 Å². The molecule has 1 fully saturated rings. The van der Waals surface area contributed by atoms with Crippen LogP contribution in [0.5, 0.6) is 5.75 Å². The zero-order valence-electron chi connectivity index (χ0n) is 14.2. The number of carbonyl (C=O) groups excluding carboxylic acids is 1. The van der Waals surface area contributed by atoms with Gasteiger partial charge in [0, 0.05) is 25.8 Å². The molecule has 6 heteroatoms. The summed E-state index contributed by atoms with van der Waals surface area (Å²) in [6, 6.07) is 11.9. The van der Waals surface area contributed by atoms with Gasteiger partial charge < -0.3 is 9.47 Å². The maximum atomic E-state index is 12.2. The lowest BCUT2D eigenvalue weighted by molar-refractivity contribution is 0.177. The third kappa shape index (κ3) is 3.17. The first kappa shape index (κ1) is 15.9. The minimum atomic E-state index is -0.255. The lowest BCUT2D eigenvalue weighted by atomic mass is 10.0. The number of carbonyl (C=O) groups is 1. The number of hydrogen-bond donors (Lipinski definition) is 0. The summed E-state index contributed by atoms with van der Waals surface area (Å²) in [4.78, 5) is 20.8. The van der Waals surface area contributed by atoms with E-state index in [-0.39, 0.29) is 12.1 Å². The van der Waals surface area contributed by atoms with Gasteiger partial charge in [0.1, 0.15) is 12.4 Å². The van der Waals surface area contributed by atoms with Crippen molar-refractivity contribution in [1.82, 2.24) is 9.88 Å². The molecule has 6 nitrogen and oxygen atoms in total. The topological polar surface area (TPSA) is 54.9 Å². The van der Waals surface area contributed by atoms with Crippen LogP contribution in [0.25, 0.3) is 0 Å². The van der Waals surface area contributed by atoms with Crippen LogP contribution in [0, 0.1) is 0 Å². The molecule has 1 atom stereocenters. The number of hydrogen-bond acceptors (Lipinski definition) is 5. The predicted molar refractivity (Wildman–Crippen MR) is 93.6 cm³/mol. The number of benzene rings is 1. The Labute approximate surface area is 147 Å². The average Bonchev–Trinajstić information content (AvgIpc) is 2.99. The van der Waals surface area contributed by atoms with Crippen molar-refractivity contribution in [2.45, 2.75) is 25.6 Å². The minimum absolute atomic E-state index is 0.0752. The van der Waals surface area contributed by atoms with Gasteiger partial charge in [-0.3, -0.25) is 14.8 Å². The summed E-state index contributed by atoms with van der Waals surface area (Å²) in [7, 11) is 1.66. The first-order valence-corrected chi connectivity index (χ1v) is 8.50. The molecule has 0 saturated carbocycles. The molecule has 2 aromatic rings. The Bertz CT molecular complexity index is 766. The smallest absolute Gasteiger partial charge is 0.414 e. The van der Waals surface area contributed by atoms with E-state index in [0.717, 1.165) is 48.7 Å². The first-order chi connectivity index (χ1) is 12.2. The van der Waals surface area contributed by atoms with Crippen LogP contribution in [0.1, 0.15) is 17.7 Å². The molecule has 0 aliphatic carbocycles. The van der Waals surface area contributed by atoms with E-state index in [0.29, 0.717) is 6.61 Å². The molecule has 1 amide bonds. The fourth-order valence-corrected chi connectivity index (χ4v) is 3.53. The second-order valence-electron chi connectivity index (χ2n) is 6.42. The van der Waals surface area contributed by atoms with E-state index in [1.54, 1.807) is 12.0 Å². The van der Waals surface area contributed by atoms with E-state index >= 15 is 0 Å². The molecule has 0 radical (unpaired) electrons. The largest absolute Gasteiger partial charge is 0.497 e. The number of pyridine rings is 1. The molecule has 130 valence electrons. The van der Waals surface area contributed by atoms with Crippen LogP contribution in [0.3, 0.4) is 0 Å². The lowest BCUT2D eigenvalue weighted by Gasteiger charge is -2.32. The third-order valence-corrected chi connectivity index (χ3v) is 4.79. The van der Waals surface area contributed by atoms with Crippen molar-refractivity contribution in [1.29, 1.82) is 0 Å². The van der Waals surface area contributed by atoms with Gasteiger partial charge >= 0.3 is 6.09 Å². The summed E-state index contributed by atoms with van der Waals surface area (Å²) in [6.45, 7) is 2.84. The van der Waals surface area contributed by atoms with Crippen LogP contribution in [0.2, 0.25) is 0 Å². The van der Waals surface area contributed by atoms with Gasteiger partial charge in [-0.1, -0.05) is 6.07 Å². The molecule has 2 aliphatic rings. The second kappa shape index (κ2) is 6.72. The highest BCUT2D eigenvalue weighted by molar-refractivity contribution is 5.91. The standard InChI is InChI=1S/C19H21N3O3/c1-24-17-5-6-18-14(10-17)11-21(12-15-4-2-3-8-20-15)9-7-16-13-25-19(23)22(16)18/h2-6,8,10,16H,7,9,11-13H2,1H3/t16-/m0/s1. The maximum Gasteiger partial charge on any atom is 0.414 e. The number of aromatic nitrogens is 1. The fourth-order valence-electron chi connectivity index (χ4n) is 3.53. The molecule has 0 N–H and O–H groups in total. The summed E-state index contributed by atoms with van der Waals surface area (Å²) in [5, 5.41) is 0. The van der Waals surface area contributed by atoms with Crippen molar-refractivity contribution in [3.05, 3.63) is 53.9 Å². The Kier molecular flexibility index (Phi) is 4.28. The molecule has 0 unspecified atom stereocenters. The molecule has 2 aliphatic heterocycles. The number of anilines is 1. The molecular weight excluding hydrogens is 318 g/mol. The lowest BCUT2D eigenvalue weighted by Crippen LogP contribution is -2.40. The van der Waals surface area contributed by atoms with Gasteiger partial charge in [-0.15, -0.1) is 0 Å². The Balaban J connectivity index is 1.67. The predicted octanol–water partition coefficient (Wildman–Crippen LogP) is 2.82. The highest BCUT2D eigenvalue weighted by atomic mass is 16.6. The average molecular weight is 339 g/mol. The van der Waals surface area contributed by atoms with Crippen LogP contribution in [-0.2, 0) is 17.8 Å². The molecule has 0 bridgehead atoms. The van der Waals surface area contributed by atoms with E-state index < -0.39 is 0 Å². The molecule has 25 heavy (non-hydrogen) atoms. The quantitative estimate of drug-likeness (QED) is 0.861. The van der Waals surface area contributed by atoms with Gasteiger partial charge in [-0.2, -0.15) is 0 Å². The van der Waals surface area contributed by atoms with Gasteiger partial charge in [-0.25, -0.2) is 4.79 Å². The van der Waals surface area contributed by atoms with E-state index in [2.05, 4.69) is 9.88 Å². The molecule has 1 aromatic carbocycles. The number of cyclic esters (lactones) is 1. The van der Waals surface area contributed by atoms with Crippen molar-refractivity contribution in [3.8, 4) is 5.75 Å². The number of ether oxygens (including phenoxy) is 2. The highest BCUT2D eigenvalue weighted by Gasteiger charge is 2.37. The van der Waals surface area contributed by atoms with Gasteiger partial charge in [-0.05, 0) is 42.3 Å². The van der Waals surface area contributed by atoms with Crippen LogP contribution < -0.4 is 9.64 Å². The number of nitrogens with zero attached hydrogens (tertiary/aromatic N) is 3. The van der Waals surface area contributed by atoms with Crippen LogP contribution >= 0.6 is 0 Å². The Hall–Kier alpha value is -2.60. The van der Waals surface area contributed by atoms with Gasteiger partial charge in [0.15, 0.2) is 0 Å². The molecule has 1 saturated heterocycles. The number of fused-ring (bicyclic) bond motifs is 3. The number of amides is 1. The number of methoxy groups -OCH3 is 1. The van der Waals surface area contributed by atoms with Crippen molar-refractivity contribution in [2.75, 3.05) is 25.2 Å². The third-order valence-electron chi connectivity index (χ3n) is 4.79. The van der Waals surface area contributed by atoms with E-state index in [1.165, 1.54) is 0 Å². The van der Waals surface area contributed by atoms with E-state index in [9.17, 15) is 4.79 Å². The Morgan fingerprint density at radius 1 is 1.32 bits per heavy atom. The zero-order valence-corrected chi connectivity index (χ0v) is 14.2. The maximum absolute atomic E-state index is 12.2. The van der Waals surface area contributed by atoms with Crippen molar-refractivity contribution < 1.29 is 14.3 Å². The second-order valence-corrected chi connectivity index (χ2v) is 6.42. The summed E-state index contributed by atoms with van der Waals surface area (Å²) in [6.07, 6.45) is 2.44. The van der Waals surface area contributed by atoms with Crippen molar-refractivity contribution in [3.63, 3.8) is 0 Å². The first-order valence-electron chi connectivity index (χ1n) is 8.50. The summed E-state index contributed by atoms with van der Waals surface area (Å²) in [5.41, 5.74) is 3.03.